The molecule has 0 aliphatic carbocycles. The van der Waals surface area contributed by atoms with E-state index in [1.54, 1.807) is 12.3 Å². The van der Waals surface area contributed by atoms with Crippen molar-refractivity contribution in [3.8, 4) is 6.07 Å². The van der Waals surface area contributed by atoms with Crippen LogP contribution in [0.15, 0.2) is 24.4 Å². The van der Waals surface area contributed by atoms with Gasteiger partial charge in [0.2, 0.25) is 0 Å². The molecule has 0 saturated carbocycles. The number of aromatic nitrogens is 1. The molecule has 1 aliphatic heterocycles. The summed E-state index contributed by atoms with van der Waals surface area (Å²) in [5, 5.41) is 8.94. The molecule has 1 aromatic rings. The van der Waals surface area contributed by atoms with Crippen molar-refractivity contribution in [1.82, 2.24) is 9.88 Å². The monoisotopic (exact) mass is 217 g/mol. The Morgan fingerprint density at radius 3 is 3.19 bits per heavy atom. The van der Waals surface area contributed by atoms with Gasteiger partial charge in [0, 0.05) is 12.6 Å². The number of hydrogen-bond donors (Lipinski definition) is 0. The zero-order valence-corrected chi connectivity index (χ0v) is 8.67. The van der Waals surface area contributed by atoms with E-state index in [0.29, 0.717) is 19.6 Å². The number of carbonyl (C=O) groups excluding carboxylic acids is 1. The van der Waals surface area contributed by atoms with Gasteiger partial charge in [0.15, 0.2) is 0 Å². The average Bonchev–Trinajstić information content (AvgIpc) is 2.33. The van der Waals surface area contributed by atoms with Crippen molar-refractivity contribution in [2.24, 2.45) is 0 Å². The average molecular weight is 217 g/mol. The summed E-state index contributed by atoms with van der Waals surface area (Å²) < 4.78 is 4.90. The number of amides is 1. The third-order valence-corrected chi connectivity index (χ3v) is 2.44. The molecule has 1 aliphatic rings. The highest BCUT2D eigenvalue weighted by Gasteiger charge is 2.29. The number of rotatable bonds is 2. The van der Waals surface area contributed by atoms with E-state index in [9.17, 15) is 4.79 Å². The van der Waals surface area contributed by atoms with E-state index in [-0.39, 0.29) is 0 Å². The van der Waals surface area contributed by atoms with E-state index in [1.807, 2.05) is 12.1 Å². The zero-order valence-electron chi connectivity index (χ0n) is 8.67. The topological polar surface area (TPSA) is 66.2 Å². The fourth-order valence-corrected chi connectivity index (χ4v) is 1.60. The van der Waals surface area contributed by atoms with Crippen LogP contribution >= 0.6 is 0 Å². The van der Waals surface area contributed by atoms with Crippen LogP contribution in [0.1, 0.15) is 12.1 Å². The van der Waals surface area contributed by atoms with E-state index in [0.717, 1.165) is 5.69 Å². The third kappa shape index (κ3) is 2.11. The summed E-state index contributed by atoms with van der Waals surface area (Å²) in [5.41, 5.74) is 0.751. The van der Waals surface area contributed by atoms with Crippen LogP contribution in [0.4, 0.5) is 4.79 Å². The molecule has 0 aromatic carbocycles. The summed E-state index contributed by atoms with van der Waals surface area (Å²) in [6.45, 7) is 0.633. The van der Waals surface area contributed by atoms with Crippen molar-refractivity contribution in [2.75, 3.05) is 6.61 Å². The standard InChI is InChI=1S/C11H11N3O2/c12-7-10-4-6-16-11(15)14(10)8-9-3-1-2-5-13-9/h1-3,5,10H,4,6,8H2. The largest absolute Gasteiger partial charge is 0.449 e. The molecule has 2 heterocycles. The Morgan fingerprint density at radius 2 is 2.50 bits per heavy atom. The highest BCUT2D eigenvalue weighted by atomic mass is 16.6. The molecule has 5 nitrogen and oxygen atoms in total. The molecular formula is C11H11N3O2. The lowest BCUT2D eigenvalue weighted by atomic mass is 10.2. The van der Waals surface area contributed by atoms with E-state index in [2.05, 4.69) is 11.1 Å². The smallest absolute Gasteiger partial charge is 0.411 e. The minimum Gasteiger partial charge on any atom is -0.449 e. The number of cyclic esters (lactones) is 1. The van der Waals surface area contributed by atoms with Gasteiger partial charge in [-0.15, -0.1) is 0 Å². The van der Waals surface area contributed by atoms with Gasteiger partial charge in [-0.1, -0.05) is 6.07 Å². The highest BCUT2D eigenvalue weighted by molar-refractivity contribution is 5.69. The minimum absolute atomic E-state index is 0.315. The van der Waals surface area contributed by atoms with Gasteiger partial charge in [-0.3, -0.25) is 9.88 Å². The number of hydrogen-bond acceptors (Lipinski definition) is 4. The normalized spacial score (nSPS) is 20.1. The second kappa shape index (κ2) is 4.62. The lowest BCUT2D eigenvalue weighted by Gasteiger charge is -2.30. The van der Waals surface area contributed by atoms with Crippen molar-refractivity contribution in [3.63, 3.8) is 0 Å². The Labute approximate surface area is 93.3 Å². The zero-order chi connectivity index (χ0) is 11.4. The highest BCUT2D eigenvalue weighted by Crippen LogP contribution is 2.15. The number of ether oxygens (including phenoxy) is 1. The van der Waals surface area contributed by atoms with Crippen molar-refractivity contribution in [2.45, 2.75) is 19.0 Å². The first-order chi connectivity index (χ1) is 7.81. The molecule has 1 fully saturated rings. The first kappa shape index (κ1) is 10.4. The maximum absolute atomic E-state index is 11.5. The van der Waals surface area contributed by atoms with Crippen LogP contribution in [0.2, 0.25) is 0 Å². The van der Waals surface area contributed by atoms with Gasteiger partial charge in [0.25, 0.3) is 0 Å². The molecule has 5 heteroatoms. The Balaban J connectivity index is 2.12. The lowest BCUT2D eigenvalue weighted by molar-refractivity contribution is 0.0540. The van der Waals surface area contributed by atoms with Crippen molar-refractivity contribution < 1.29 is 9.53 Å². The Kier molecular flexibility index (Phi) is 3.01. The molecule has 0 spiro atoms. The SMILES string of the molecule is N#CC1CCOC(=O)N1Cc1ccccn1. The first-order valence-electron chi connectivity index (χ1n) is 5.04. The van der Waals surface area contributed by atoms with Crippen LogP contribution in [-0.2, 0) is 11.3 Å². The lowest BCUT2D eigenvalue weighted by Crippen LogP contribution is -2.44. The first-order valence-corrected chi connectivity index (χ1v) is 5.04. The van der Waals surface area contributed by atoms with Gasteiger partial charge in [0.1, 0.15) is 6.04 Å². The molecule has 0 bridgehead atoms. The summed E-state index contributed by atoms with van der Waals surface area (Å²) in [5.74, 6) is 0. The Bertz CT molecular complexity index is 413. The molecule has 2 rings (SSSR count). The fourth-order valence-electron chi connectivity index (χ4n) is 1.60. The molecule has 1 atom stereocenters. The van der Waals surface area contributed by atoms with Crippen molar-refractivity contribution >= 4 is 6.09 Å². The van der Waals surface area contributed by atoms with Gasteiger partial charge in [-0.2, -0.15) is 5.26 Å². The predicted octanol–water partition coefficient (Wildman–Crippen LogP) is 1.32. The van der Waals surface area contributed by atoms with Crippen LogP contribution in [0, 0.1) is 11.3 Å². The van der Waals surface area contributed by atoms with Crippen LogP contribution in [0.5, 0.6) is 0 Å². The molecule has 1 unspecified atom stereocenters. The van der Waals surface area contributed by atoms with E-state index in [4.69, 9.17) is 10.00 Å². The summed E-state index contributed by atoms with van der Waals surface area (Å²) in [4.78, 5) is 17.0. The Hall–Kier alpha value is -2.09. The van der Waals surface area contributed by atoms with Gasteiger partial charge < -0.3 is 4.74 Å². The maximum Gasteiger partial charge on any atom is 0.411 e. The van der Waals surface area contributed by atoms with Gasteiger partial charge in [-0.05, 0) is 12.1 Å². The Morgan fingerprint density at radius 1 is 1.62 bits per heavy atom. The van der Waals surface area contributed by atoms with Crippen molar-refractivity contribution in [1.29, 1.82) is 5.26 Å². The van der Waals surface area contributed by atoms with E-state index in [1.165, 1.54) is 4.90 Å². The molecule has 0 radical (unpaired) electrons. The molecule has 1 aromatic heterocycles. The minimum atomic E-state index is -0.441. The van der Waals surface area contributed by atoms with E-state index >= 15 is 0 Å². The van der Waals surface area contributed by atoms with Gasteiger partial charge >= 0.3 is 6.09 Å². The second-order valence-electron chi connectivity index (χ2n) is 3.50. The van der Waals surface area contributed by atoms with Gasteiger partial charge in [-0.25, -0.2) is 4.79 Å². The summed E-state index contributed by atoms with van der Waals surface area (Å²) >= 11 is 0. The second-order valence-corrected chi connectivity index (χ2v) is 3.50. The van der Waals surface area contributed by atoms with Crippen LogP contribution < -0.4 is 0 Å². The number of nitriles is 1. The fraction of sp³-hybridized carbons (Fsp3) is 0.364. The number of carbonyl (C=O) groups is 1. The predicted molar refractivity (Wildman–Crippen MR) is 55.1 cm³/mol. The maximum atomic E-state index is 11.5. The van der Waals surface area contributed by atoms with Crippen LogP contribution in [0.3, 0.4) is 0 Å². The summed E-state index contributed by atoms with van der Waals surface area (Å²) in [6.07, 6.45) is 1.77. The van der Waals surface area contributed by atoms with E-state index < -0.39 is 12.1 Å². The molecule has 82 valence electrons. The third-order valence-electron chi connectivity index (χ3n) is 2.44. The van der Waals surface area contributed by atoms with Gasteiger partial charge in [0.05, 0.1) is 24.9 Å². The molecule has 1 saturated heterocycles. The molecular weight excluding hydrogens is 206 g/mol. The molecule has 1 amide bonds. The quantitative estimate of drug-likeness (QED) is 0.749. The van der Waals surface area contributed by atoms with Crippen LogP contribution in [0.25, 0.3) is 0 Å². The molecule has 0 N–H and O–H groups in total. The summed E-state index contributed by atoms with van der Waals surface area (Å²) in [6, 6.07) is 7.16. The number of pyridine rings is 1. The molecule has 16 heavy (non-hydrogen) atoms. The number of nitrogens with zero attached hydrogens (tertiary/aromatic N) is 3. The van der Waals surface area contributed by atoms with Crippen LogP contribution in [-0.4, -0.2) is 28.6 Å². The van der Waals surface area contributed by atoms with Crippen molar-refractivity contribution in [3.05, 3.63) is 30.1 Å². The summed E-state index contributed by atoms with van der Waals surface area (Å²) in [7, 11) is 0.